The number of unbranched alkanes of at least 4 members (excludes halogenated alkanes) is 4. The van der Waals surface area contributed by atoms with E-state index < -0.39 is 0 Å². The molecule has 1 heteroatoms. The predicted octanol–water partition coefficient (Wildman–Crippen LogP) is 4.86. The summed E-state index contributed by atoms with van der Waals surface area (Å²) < 4.78 is 0. The van der Waals surface area contributed by atoms with Crippen molar-refractivity contribution in [1.82, 2.24) is 4.90 Å². The molecule has 1 aliphatic carbocycles. The molecule has 17 heavy (non-hydrogen) atoms. The summed E-state index contributed by atoms with van der Waals surface area (Å²) >= 11 is 0. The topological polar surface area (TPSA) is 3.24 Å². The van der Waals surface area contributed by atoms with E-state index in [9.17, 15) is 0 Å². The van der Waals surface area contributed by atoms with Crippen LogP contribution in [0.5, 0.6) is 0 Å². The quantitative estimate of drug-likeness (QED) is 0.547. The van der Waals surface area contributed by atoms with Crippen LogP contribution in [0.25, 0.3) is 0 Å². The highest BCUT2D eigenvalue weighted by atomic mass is 15.1. The van der Waals surface area contributed by atoms with Gasteiger partial charge in [0.25, 0.3) is 0 Å². The summed E-state index contributed by atoms with van der Waals surface area (Å²) in [4.78, 5) is 2.50. The number of hydrogen-bond donors (Lipinski definition) is 0. The van der Waals surface area contributed by atoms with E-state index in [0.717, 1.165) is 12.0 Å². The first-order valence-electron chi connectivity index (χ1n) is 7.92. The second-order valence-electron chi connectivity index (χ2n) is 6.13. The first-order chi connectivity index (χ1) is 8.25. The molecule has 1 saturated carbocycles. The molecule has 1 rings (SSSR count). The Bertz CT molecular complexity index is 170. The minimum absolute atomic E-state index is 0.858. The van der Waals surface area contributed by atoms with Gasteiger partial charge >= 0.3 is 0 Å². The largest absolute Gasteiger partial charge is 0.306 e. The molecule has 0 bridgehead atoms. The number of hydrogen-bond acceptors (Lipinski definition) is 1. The third-order valence-corrected chi connectivity index (χ3v) is 4.46. The summed E-state index contributed by atoms with van der Waals surface area (Å²) in [7, 11) is 4.57. The Kier molecular flexibility index (Phi) is 7.92. The SMILES string of the molecule is CCCCCCCC(C1CCCCC1)N(C)C. The van der Waals surface area contributed by atoms with E-state index in [-0.39, 0.29) is 0 Å². The second kappa shape index (κ2) is 8.97. The molecule has 0 aliphatic heterocycles. The molecule has 0 aromatic carbocycles. The Morgan fingerprint density at radius 2 is 1.59 bits per heavy atom. The lowest BCUT2D eigenvalue weighted by Crippen LogP contribution is -2.36. The van der Waals surface area contributed by atoms with E-state index in [1.54, 1.807) is 0 Å². The zero-order chi connectivity index (χ0) is 12.5. The van der Waals surface area contributed by atoms with Crippen LogP contribution in [0.1, 0.15) is 77.6 Å². The van der Waals surface area contributed by atoms with Gasteiger partial charge in [0.15, 0.2) is 0 Å². The lowest BCUT2D eigenvalue weighted by atomic mass is 9.81. The van der Waals surface area contributed by atoms with Crippen molar-refractivity contribution >= 4 is 0 Å². The van der Waals surface area contributed by atoms with Crippen LogP contribution < -0.4 is 0 Å². The highest BCUT2D eigenvalue weighted by Gasteiger charge is 2.24. The molecule has 0 spiro atoms. The summed E-state index contributed by atoms with van der Waals surface area (Å²) in [5, 5.41) is 0. The van der Waals surface area contributed by atoms with E-state index in [1.807, 2.05) is 0 Å². The average Bonchev–Trinajstić information content (AvgIpc) is 2.34. The predicted molar refractivity (Wildman–Crippen MR) is 77.4 cm³/mol. The maximum absolute atomic E-state index is 2.50. The molecule has 0 amide bonds. The highest BCUT2D eigenvalue weighted by Crippen LogP contribution is 2.30. The van der Waals surface area contributed by atoms with Crippen LogP contribution in [-0.4, -0.2) is 25.0 Å². The van der Waals surface area contributed by atoms with Gasteiger partial charge in [-0.3, -0.25) is 0 Å². The molecular weight excluding hydrogens is 206 g/mol. The minimum atomic E-state index is 0.858. The molecule has 0 saturated heterocycles. The molecular formula is C16H33N. The van der Waals surface area contributed by atoms with Crippen molar-refractivity contribution in [2.24, 2.45) is 5.92 Å². The third-order valence-electron chi connectivity index (χ3n) is 4.46. The molecule has 1 nitrogen and oxygen atoms in total. The minimum Gasteiger partial charge on any atom is -0.306 e. The Morgan fingerprint density at radius 3 is 2.18 bits per heavy atom. The fourth-order valence-electron chi connectivity index (χ4n) is 3.39. The van der Waals surface area contributed by atoms with Gasteiger partial charge in [-0.2, -0.15) is 0 Å². The second-order valence-corrected chi connectivity index (χ2v) is 6.13. The van der Waals surface area contributed by atoms with Crippen molar-refractivity contribution in [3.8, 4) is 0 Å². The molecule has 0 radical (unpaired) electrons. The van der Waals surface area contributed by atoms with Crippen molar-refractivity contribution in [3.05, 3.63) is 0 Å². The molecule has 102 valence electrons. The van der Waals surface area contributed by atoms with E-state index in [4.69, 9.17) is 0 Å². The van der Waals surface area contributed by atoms with Gasteiger partial charge in [-0.1, -0.05) is 58.3 Å². The van der Waals surface area contributed by atoms with Gasteiger partial charge in [0, 0.05) is 6.04 Å². The highest BCUT2D eigenvalue weighted by molar-refractivity contribution is 4.79. The van der Waals surface area contributed by atoms with Gasteiger partial charge in [0.2, 0.25) is 0 Å². The number of nitrogens with zero attached hydrogens (tertiary/aromatic N) is 1. The number of rotatable bonds is 8. The van der Waals surface area contributed by atoms with Crippen molar-refractivity contribution < 1.29 is 0 Å². The van der Waals surface area contributed by atoms with Gasteiger partial charge in [0.05, 0.1) is 0 Å². The standard InChI is InChI=1S/C16H33N/c1-4-5-6-7-11-14-16(17(2)3)15-12-9-8-10-13-15/h15-16H,4-14H2,1-3H3. The Hall–Kier alpha value is -0.0400. The van der Waals surface area contributed by atoms with Gasteiger partial charge in [0.1, 0.15) is 0 Å². The van der Waals surface area contributed by atoms with E-state index in [1.165, 1.54) is 70.6 Å². The Morgan fingerprint density at radius 1 is 0.941 bits per heavy atom. The fraction of sp³-hybridized carbons (Fsp3) is 1.00. The van der Waals surface area contributed by atoms with Crippen LogP contribution in [0.4, 0.5) is 0 Å². The Balaban J connectivity index is 2.22. The van der Waals surface area contributed by atoms with Crippen LogP contribution in [0.15, 0.2) is 0 Å². The molecule has 0 heterocycles. The summed E-state index contributed by atoms with van der Waals surface area (Å²) in [6, 6.07) is 0.858. The van der Waals surface area contributed by atoms with Crippen molar-refractivity contribution in [3.63, 3.8) is 0 Å². The molecule has 1 aliphatic rings. The third kappa shape index (κ3) is 5.90. The first kappa shape index (κ1) is 15.0. The van der Waals surface area contributed by atoms with E-state index in [0.29, 0.717) is 0 Å². The molecule has 0 aromatic rings. The van der Waals surface area contributed by atoms with Crippen LogP contribution in [0.3, 0.4) is 0 Å². The summed E-state index contributed by atoms with van der Waals surface area (Å²) in [5.74, 6) is 0.991. The molecule has 1 atom stereocenters. The zero-order valence-electron chi connectivity index (χ0n) is 12.4. The van der Waals surface area contributed by atoms with Gasteiger partial charge in [-0.15, -0.1) is 0 Å². The van der Waals surface area contributed by atoms with E-state index in [2.05, 4.69) is 25.9 Å². The first-order valence-corrected chi connectivity index (χ1v) is 7.92. The fourth-order valence-corrected chi connectivity index (χ4v) is 3.39. The average molecular weight is 239 g/mol. The van der Waals surface area contributed by atoms with Crippen LogP contribution in [-0.2, 0) is 0 Å². The van der Waals surface area contributed by atoms with Crippen molar-refractivity contribution in [2.75, 3.05) is 14.1 Å². The lowest BCUT2D eigenvalue weighted by molar-refractivity contribution is 0.157. The maximum atomic E-state index is 2.50. The molecule has 0 N–H and O–H groups in total. The van der Waals surface area contributed by atoms with Crippen LogP contribution in [0.2, 0.25) is 0 Å². The van der Waals surface area contributed by atoms with Crippen LogP contribution >= 0.6 is 0 Å². The van der Waals surface area contributed by atoms with Crippen molar-refractivity contribution in [2.45, 2.75) is 83.6 Å². The normalized spacial score (nSPS) is 19.8. The zero-order valence-corrected chi connectivity index (χ0v) is 12.4. The Labute approximate surface area is 109 Å². The van der Waals surface area contributed by atoms with Gasteiger partial charge in [-0.25, -0.2) is 0 Å². The maximum Gasteiger partial charge on any atom is 0.0117 e. The summed E-state index contributed by atoms with van der Waals surface area (Å²) in [6.45, 7) is 2.30. The molecule has 1 fully saturated rings. The molecule has 1 unspecified atom stereocenters. The van der Waals surface area contributed by atoms with Gasteiger partial charge < -0.3 is 4.90 Å². The van der Waals surface area contributed by atoms with E-state index >= 15 is 0 Å². The smallest absolute Gasteiger partial charge is 0.0117 e. The summed E-state index contributed by atoms with van der Waals surface area (Å²) in [6.07, 6.45) is 16.0. The monoisotopic (exact) mass is 239 g/mol. The van der Waals surface area contributed by atoms with Crippen molar-refractivity contribution in [1.29, 1.82) is 0 Å². The van der Waals surface area contributed by atoms with Gasteiger partial charge in [-0.05, 0) is 39.3 Å². The summed E-state index contributed by atoms with van der Waals surface area (Å²) in [5.41, 5.74) is 0. The molecule has 0 aromatic heterocycles. The lowest BCUT2D eigenvalue weighted by Gasteiger charge is -2.35. The van der Waals surface area contributed by atoms with Crippen LogP contribution in [0, 0.1) is 5.92 Å².